The van der Waals surface area contributed by atoms with Gasteiger partial charge in [-0.25, -0.2) is 0 Å². The number of carbonyl (C=O) groups excluding carboxylic acids is 2. The zero-order chi connectivity index (χ0) is 17.6. The summed E-state index contributed by atoms with van der Waals surface area (Å²) >= 11 is 0. The second-order valence-electron chi connectivity index (χ2n) is 6.15. The molecular formula is C20H22N2O3. The molecular weight excluding hydrogens is 316 g/mol. The summed E-state index contributed by atoms with van der Waals surface area (Å²) in [6.07, 6.45) is 0.486. The summed E-state index contributed by atoms with van der Waals surface area (Å²) in [6.45, 7) is 1.03. The van der Waals surface area contributed by atoms with Crippen molar-refractivity contribution in [2.24, 2.45) is 0 Å². The highest BCUT2D eigenvalue weighted by atomic mass is 16.5. The number of nitrogens with zero attached hydrogens (tertiary/aromatic N) is 1. The first kappa shape index (κ1) is 17.2. The highest BCUT2D eigenvalue weighted by Gasteiger charge is 2.47. The molecule has 0 aliphatic carbocycles. The molecule has 5 heteroatoms. The molecule has 2 unspecified atom stereocenters. The van der Waals surface area contributed by atoms with Gasteiger partial charge in [-0.15, -0.1) is 0 Å². The van der Waals surface area contributed by atoms with Gasteiger partial charge in [-0.1, -0.05) is 60.7 Å². The minimum atomic E-state index is -0.363. The summed E-state index contributed by atoms with van der Waals surface area (Å²) in [7, 11) is 1.38. The molecule has 0 aromatic heterocycles. The van der Waals surface area contributed by atoms with Gasteiger partial charge < -0.3 is 10.1 Å². The average Bonchev–Trinajstić information content (AvgIpc) is 2.65. The third kappa shape index (κ3) is 4.06. The average molecular weight is 338 g/mol. The van der Waals surface area contributed by atoms with Crippen LogP contribution in [0.4, 0.5) is 0 Å². The number of hydrogen-bond acceptors (Lipinski definition) is 4. The van der Waals surface area contributed by atoms with Gasteiger partial charge in [0, 0.05) is 13.1 Å². The van der Waals surface area contributed by atoms with E-state index < -0.39 is 0 Å². The van der Waals surface area contributed by atoms with Crippen molar-refractivity contribution in [2.45, 2.75) is 31.6 Å². The van der Waals surface area contributed by atoms with Crippen LogP contribution in [-0.4, -0.2) is 36.0 Å². The molecule has 5 nitrogen and oxygen atoms in total. The second-order valence-corrected chi connectivity index (χ2v) is 6.15. The fourth-order valence-corrected chi connectivity index (χ4v) is 3.10. The summed E-state index contributed by atoms with van der Waals surface area (Å²) < 4.78 is 4.87. The monoisotopic (exact) mass is 338 g/mol. The van der Waals surface area contributed by atoms with Crippen molar-refractivity contribution in [3.63, 3.8) is 0 Å². The number of carbonyl (C=O) groups is 2. The van der Waals surface area contributed by atoms with Crippen LogP contribution in [0.1, 0.15) is 17.5 Å². The molecule has 0 radical (unpaired) electrons. The third-order valence-electron chi connectivity index (χ3n) is 4.54. The van der Waals surface area contributed by atoms with Crippen LogP contribution in [0.2, 0.25) is 0 Å². The van der Waals surface area contributed by atoms with Crippen LogP contribution in [0.15, 0.2) is 60.7 Å². The Bertz CT molecular complexity index is 718. The van der Waals surface area contributed by atoms with E-state index in [1.807, 2.05) is 65.6 Å². The Balaban J connectivity index is 1.64. The number of amides is 1. The van der Waals surface area contributed by atoms with Crippen molar-refractivity contribution in [3.05, 3.63) is 71.8 Å². The summed E-state index contributed by atoms with van der Waals surface area (Å²) in [4.78, 5) is 26.4. The molecule has 1 aliphatic rings. The number of hydrogen-bond donors (Lipinski definition) is 1. The molecule has 1 heterocycles. The van der Waals surface area contributed by atoms with Gasteiger partial charge in [-0.3, -0.25) is 14.5 Å². The molecule has 0 bridgehead atoms. The second kappa shape index (κ2) is 7.94. The predicted octanol–water partition coefficient (Wildman–Crippen LogP) is 2.12. The largest absolute Gasteiger partial charge is 0.468 e. The summed E-state index contributed by atoms with van der Waals surface area (Å²) in [5.41, 5.74) is 2.12. The summed E-state index contributed by atoms with van der Waals surface area (Å²) in [5, 5.41) is 2.96. The molecule has 2 aromatic carbocycles. The van der Waals surface area contributed by atoms with Crippen molar-refractivity contribution in [1.82, 2.24) is 10.2 Å². The van der Waals surface area contributed by atoms with E-state index in [1.54, 1.807) is 0 Å². The Morgan fingerprint density at radius 3 is 2.20 bits per heavy atom. The lowest BCUT2D eigenvalue weighted by Gasteiger charge is -2.45. The van der Waals surface area contributed by atoms with Crippen molar-refractivity contribution in [1.29, 1.82) is 0 Å². The lowest BCUT2D eigenvalue weighted by molar-refractivity contribution is -0.160. The highest BCUT2D eigenvalue weighted by molar-refractivity contribution is 5.87. The highest BCUT2D eigenvalue weighted by Crippen LogP contribution is 2.29. The Morgan fingerprint density at radius 2 is 1.60 bits per heavy atom. The van der Waals surface area contributed by atoms with Gasteiger partial charge in [0.1, 0.15) is 6.04 Å². The van der Waals surface area contributed by atoms with Gasteiger partial charge in [0.2, 0.25) is 5.91 Å². The van der Waals surface area contributed by atoms with Crippen LogP contribution in [0, 0.1) is 0 Å². The molecule has 0 saturated carbocycles. The number of nitrogens with one attached hydrogen (secondary N) is 1. The molecule has 2 aromatic rings. The third-order valence-corrected chi connectivity index (χ3v) is 4.54. The van der Waals surface area contributed by atoms with E-state index in [4.69, 9.17) is 4.74 Å². The van der Waals surface area contributed by atoms with Crippen LogP contribution in [0.25, 0.3) is 0 Å². The Kier molecular flexibility index (Phi) is 5.46. The smallest absolute Gasteiger partial charge is 0.323 e. The predicted molar refractivity (Wildman–Crippen MR) is 94.5 cm³/mol. The number of benzene rings is 2. The summed E-state index contributed by atoms with van der Waals surface area (Å²) in [5.74, 6) is -0.344. The molecule has 1 N–H and O–H groups in total. The van der Waals surface area contributed by atoms with Crippen molar-refractivity contribution < 1.29 is 14.3 Å². The quantitative estimate of drug-likeness (QED) is 0.820. The van der Waals surface area contributed by atoms with Crippen LogP contribution in [0.5, 0.6) is 0 Å². The molecule has 25 heavy (non-hydrogen) atoms. The lowest BCUT2D eigenvalue weighted by Crippen LogP contribution is -2.64. The minimum Gasteiger partial charge on any atom is -0.468 e. The lowest BCUT2D eigenvalue weighted by atomic mass is 9.91. The Hall–Kier alpha value is -2.66. The number of rotatable bonds is 6. The van der Waals surface area contributed by atoms with Gasteiger partial charge in [-0.05, 0) is 17.5 Å². The van der Waals surface area contributed by atoms with E-state index in [1.165, 1.54) is 7.11 Å². The van der Waals surface area contributed by atoms with Gasteiger partial charge >= 0.3 is 5.97 Å². The van der Waals surface area contributed by atoms with E-state index in [2.05, 4.69) is 5.32 Å². The van der Waals surface area contributed by atoms with Crippen LogP contribution in [-0.2, 0) is 27.4 Å². The maximum atomic E-state index is 12.6. The first-order valence-electron chi connectivity index (χ1n) is 8.38. The standard InChI is InChI=1S/C20H22N2O3/c1-25-20(24)18-12-17(22(18)14-16-10-6-3-7-11-16)19(23)21-13-15-8-4-2-5-9-15/h2-11,17-18H,12-14H2,1H3,(H,21,23). The topological polar surface area (TPSA) is 58.6 Å². The first-order valence-corrected chi connectivity index (χ1v) is 8.38. The van der Waals surface area contributed by atoms with E-state index in [0.717, 1.165) is 11.1 Å². The fourth-order valence-electron chi connectivity index (χ4n) is 3.10. The zero-order valence-corrected chi connectivity index (χ0v) is 14.2. The minimum absolute atomic E-state index is 0.0556. The van der Waals surface area contributed by atoms with E-state index in [-0.39, 0.29) is 24.0 Å². The normalized spacial score (nSPS) is 19.7. The van der Waals surface area contributed by atoms with Crippen LogP contribution in [0.3, 0.4) is 0 Å². The maximum absolute atomic E-state index is 12.6. The molecule has 3 rings (SSSR count). The van der Waals surface area contributed by atoms with E-state index in [0.29, 0.717) is 19.5 Å². The van der Waals surface area contributed by atoms with E-state index in [9.17, 15) is 9.59 Å². The number of esters is 1. The molecule has 130 valence electrons. The number of methoxy groups -OCH3 is 1. The molecule has 1 amide bonds. The Morgan fingerprint density at radius 1 is 1.00 bits per heavy atom. The number of likely N-dealkylation sites (tertiary alicyclic amines) is 1. The molecule has 1 saturated heterocycles. The first-order chi connectivity index (χ1) is 12.2. The van der Waals surface area contributed by atoms with E-state index >= 15 is 0 Å². The summed E-state index contributed by atoms with van der Waals surface area (Å²) in [6, 6.07) is 18.9. The van der Waals surface area contributed by atoms with Gasteiger partial charge in [0.15, 0.2) is 0 Å². The van der Waals surface area contributed by atoms with Crippen molar-refractivity contribution >= 4 is 11.9 Å². The zero-order valence-electron chi connectivity index (χ0n) is 14.2. The fraction of sp³-hybridized carbons (Fsp3) is 0.300. The van der Waals surface area contributed by atoms with Crippen molar-refractivity contribution in [2.75, 3.05) is 7.11 Å². The molecule has 1 fully saturated rings. The Labute approximate surface area is 147 Å². The SMILES string of the molecule is COC(=O)C1CC(C(=O)NCc2ccccc2)N1Cc1ccccc1. The molecule has 0 spiro atoms. The van der Waals surface area contributed by atoms with Crippen molar-refractivity contribution in [3.8, 4) is 0 Å². The number of ether oxygens (including phenoxy) is 1. The molecule has 1 aliphatic heterocycles. The van der Waals surface area contributed by atoms with Gasteiger partial charge in [0.25, 0.3) is 0 Å². The van der Waals surface area contributed by atoms with Crippen LogP contribution >= 0.6 is 0 Å². The van der Waals surface area contributed by atoms with Gasteiger partial charge in [0.05, 0.1) is 13.2 Å². The maximum Gasteiger partial charge on any atom is 0.323 e. The van der Waals surface area contributed by atoms with Crippen LogP contribution < -0.4 is 5.32 Å². The molecule has 2 atom stereocenters. The van der Waals surface area contributed by atoms with Gasteiger partial charge in [-0.2, -0.15) is 0 Å².